The number of aromatic nitrogens is 1. The van der Waals surface area contributed by atoms with E-state index in [-0.39, 0.29) is 5.82 Å². The van der Waals surface area contributed by atoms with Crippen molar-refractivity contribution in [3.8, 4) is 11.3 Å². The third-order valence-corrected chi connectivity index (χ3v) is 2.26. The lowest BCUT2D eigenvalue weighted by Gasteiger charge is -2.05. The first-order valence-corrected chi connectivity index (χ1v) is 4.65. The van der Waals surface area contributed by atoms with E-state index >= 15 is 0 Å². The molecule has 0 saturated carbocycles. The van der Waals surface area contributed by atoms with Gasteiger partial charge in [-0.1, -0.05) is 6.07 Å². The highest BCUT2D eigenvalue weighted by Gasteiger charge is 2.04. The highest BCUT2D eigenvalue weighted by Crippen LogP contribution is 2.22. The van der Waals surface area contributed by atoms with Crippen LogP contribution in [-0.2, 0) is 0 Å². The molecule has 2 nitrogen and oxygen atoms in total. The van der Waals surface area contributed by atoms with Gasteiger partial charge in [-0.3, -0.25) is 4.98 Å². The van der Waals surface area contributed by atoms with E-state index in [1.54, 1.807) is 24.4 Å². The van der Waals surface area contributed by atoms with Gasteiger partial charge in [-0.05, 0) is 36.8 Å². The zero-order valence-electron chi connectivity index (χ0n) is 8.37. The summed E-state index contributed by atoms with van der Waals surface area (Å²) in [6, 6.07) is 8.20. The minimum absolute atomic E-state index is 0.255. The van der Waals surface area contributed by atoms with Gasteiger partial charge < -0.3 is 5.73 Å². The Hall–Kier alpha value is -1.90. The largest absolute Gasteiger partial charge is 0.397 e. The van der Waals surface area contributed by atoms with Crippen molar-refractivity contribution >= 4 is 5.69 Å². The average Bonchev–Trinajstić information content (AvgIpc) is 2.23. The van der Waals surface area contributed by atoms with Crippen molar-refractivity contribution in [2.75, 3.05) is 5.73 Å². The number of pyridine rings is 1. The van der Waals surface area contributed by atoms with E-state index in [0.29, 0.717) is 5.69 Å². The van der Waals surface area contributed by atoms with E-state index < -0.39 is 0 Å². The molecule has 0 aliphatic heterocycles. The van der Waals surface area contributed by atoms with Crippen molar-refractivity contribution in [3.63, 3.8) is 0 Å². The Kier molecular flexibility index (Phi) is 2.37. The third kappa shape index (κ3) is 1.96. The van der Waals surface area contributed by atoms with Gasteiger partial charge in [0.05, 0.1) is 17.6 Å². The van der Waals surface area contributed by atoms with Crippen LogP contribution in [0.5, 0.6) is 0 Å². The van der Waals surface area contributed by atoms with Crippen LogP contribution in [0.15, 0.2) is 36.5 Å². The number of hydrogen-bond donors (Lipinski definition) is 1. The van der Waals surface area contributed by atoms with Gasteiger partial charge in [0.2, 0.25) is 0 Å². The molecule has 0 radical (unpaired) electrons. The predicted octanol–water partition coefficient (Wildman–Crippen LogP) is 2.78. The maximum Gasteiger partial charge on any atom is 0.123 e. The zero-order valence-corrected chi connectivity index (χ0v) is 8.37. The quantitative estimate of drug-likeness (QED) is 0.772. The number of rotatable bonds is 1. The molecule has 1 heterocycles. The second kappa shape index (κ2) is 3.69. The van der Waals surface area contributed by atoms with Crippen molar-refractivity contribution in [3.05, 3.63) is 47.9 Å². The molecule has 15 heavy (non-hydrogen) atoms. The molecular formula is C12H11FN2. The molecule has 0 bridgehead atoms. The van der Waals surface area contributed by atoms with Crippen molar-refractivity contribution in [1.29, 1.82) is 0 Å². The van der Waals surface area contributed by atoms with E-state index in [9.17, 15) is 4.39 Å². The number of nitrogen functional groups attached to an aromatic ring is 1. The molecule has 3 heteroatoms. The van der Waals surface area contributed by atoms with Crippen LogP contribution < -0.4 is 5.73 Å². The Morgan fingerprint density at radius 3 is 2.67 bits per heavy atom. The van der Waals surface area contributed by atoms with Crippen LogP contribution in [-0.4, -0.2) is 4.98 Å². The second-order valence-electron chi connectivity index (χ2n) is 3.44. The smallest absolute Gasteiger partial charge is 0.123 e. The fourth-order valence-electron chi connectivity index (χ4n) is 1.43. The van der Waals surface area contributed by atoms with Crippen LogP contribution in [0.3, 0.4) is 0 Å². The molecule has 0 spiro atoms. The van der Waals surface area contributed by atoms with E-state index in [1.165, 1.54) is 12.1 Å². The summed E-state index contributed by atoms with van der Waals surface area (Å²) in [7, 11) is 0. The number of aryl methyl sites for hydroxylation is 1. The molecule has 0 amide bonds. The number of nitrogens with two attached hydrogens (primary N) is 1. The average molecular weight is 202 g/mol. The monoisotopic (exact) mass is 202 g/mol. The van der Waals surface area contributed by atoms with Gasteiger partial charge in [-0.25, -0.2) is 4.39 Å². The number of benzene rings is 1. The molecule has 0 unspecified atom stereocenters. The fraction of sp³-hybridized carbons (Fsp3) is 0.0833. The maximum atomic E-state index is 13.1. The summed E-state index contributed by atoms with van der Waals surface area (Å²) < 4.78 is 13.1. The van der Waals surface area contributed by atoms with Gasteiger partial charge in [0.1, 0.15) is 5.82 Å². The molecule has 2 aromatic rings. The van der Waals surface area contributed by atoms with Crippen molar-refractivity contribution in [2.24, 2.45) is 0 Å². The number of hydrogen-bond acceptors (Lipinski definition) is 2. The summed E-state index contributed by atoms with van der Waals surface area (Å²) >= 11 is 0. The van der Waals surface area contributed by atoms with Crippen LogP contribution >= 0.6 is 0 Å². The first-order chi connectivity index (χ1) is 7.16. The Labute approximate surface area is 87.6 Å². The van der Waals surface area contributed by atoms with Gasteiger partial charge >= 0.3 is 0 Å². The summed E-state index contributed by atoms with van der Waals surface area (Å²) in [5.74, 6) is -0.255. The number of nitrogens with zero attached hydrogens (tertiary/aromatic N) is 1. The molecule has 2 N–H and O–H groups in total. The highest BCUT2D eigenvalue weighted by atomic mass is 19.1. The molecule has 1 aromatic heterocycles. The van der Waals surface area contributed by atoms with E-state index in [2.05, 4.69) is 4.98 Å². The molecule has 0 atom stereocenters. The lowest BCUT2D eigenvalue weighted by atomic mass is 10.1. The van der Waals surface area contributed by atoms with Crippen molar-refractivity contribution < 1.29 is 4.39 Å². The molecule has 0 aliphatic carbocycles. The summed E-state index contributed by atoms with van der Waals surface area (Å²) in [5, 5.41) is 0. The van der Waals surface area contributed by atoms with Gasteiger partial charge in [-0.15, -0.1) is 0 Å². The molecule has 76 valence electrons. The Morgan fingerprint density at radius 2 is 2.00 bits per heavy atom. The van der Waals surface area contributed by atoms with E-state index in [4.69, 9.17) is 5.73 Å². The summed E-state index contributed by atoms with van der Waals surface area (Å²) in [6.07, 6.45) is 1.57. The molecular weight excluding hydrogens is 191 g/mol. The van der Waals surface area contributed by atoms with Crippen molar-refractivity contribution in [2.45, 2.75) is 6.92 Å². The van der Waals surface area contributed by atoms with Crippen LogP contribution in [0.1, 0.15) is 5.56 Å². The number of anilines is 1. The first-order valence-electron chi connectivity index (χ1n) is 4.65. The molecule has 0 aliphatic rings. The topological polar surface area (TPSA) is 38.9 Å². The Balaban J connectivity index is 2.53. The van der Waals surface area contributed by atoms with Gasteiger partial charge in [0.25, 0.3) is 0 Å². The highest BCUT2D eigenvalue weighted by molar-refractivity contribution is 5.64. The lowest BCUT2D eigenvalue weighted by Crippen LogP contribution is -1.90. The number of halogens is 1. The normalized spacial score (nSPS) is 10.3. The summed E-state index contributed by atoms with van der Waals surface area (Å²) in [5.41, 5.74) is 8.67. The molecule has 2 rings (SSSR count). The van der Waals surface area contributed by atoms with Crippen LogP contribution in [0.25, 0.3) is 11.3 Å². The first kappa shape index (κ1) is 9.65. The van der Waals surface area contributed by atoms with Crippen LogP contribution in [0.4, 0.5) is 10.1 Å². The Bertz CT molecular complexity index is 477. The molecule has 0 fully saturated rings. The van der Waals surface area contributed by atoms with E-state index in [1.807, 2.05) is 6.92 Å². The maximum absolute atomic E-state index is 13.1. The molecule has 1 aromatic carbocycles. The second-order valence-corrected chi connectivity index (χ2v) is 3.44. The van der Waals surface area contributed by atoms with Gasteiger partial charge in [0, 0.05) is 5.56 Å². The Morgan fingerprint density at radius 1 is 1.20 bits per heavy atom. The summed E-state index contributed by atoms with van der Waals surface area (Å²) in [6.45, 7) is 1.92. The van der Waals surface area contributed by atoms with Crippen molar-refractivity contribution in [1.82, 2.24) is 4.98 Å². The predicted molar refractivity (Wildman–Crippen MR) is 58.8 cm³/mol. The minimum atomic E-state index is -0.255. The van der Waals surface area contributed by atoms with Crippen LogP contribution in [0, 0.1) is 12.7 Å². The zero-order chi connectivity index (χ0) is 10.8. The fourth-order valence-corrected chi connectivity index (χ4v) is 1.43. The van der Waals surface area contributed by atoms with Gasteiger partial charge in [0.15, 0.2) is 0 Å². The third-order valence-electron chi connectivity index (χ3n) is 2.26. The molecule has 0 saturated heterocycles. The standard InChI is InChI=1S/C12H11FN2/c1-8-2-3-9(13)6-11(8)12-5-4-10(14)7-15-12/h2-7H,14H2,1H3. The summed E-state index contributed by atoms with van der Waals surface area (Å²) in [4.78, 5) is 4.16. The van der Waals surface area contributed by atoms with Crippen LogP contribution in [0.2, 0.25) is 0 Å². The van der Waals surface area contributed by atoms with E-state index in [0.717, 1.165) is 16.8 Å². The van der Waals surface area contributed by atoms with Gasteiger partial charge in [-0.2, -0.15) is 0 Å². The lowest BCUT2D eigenvalue weighted by molar-refractivity contribution is 0.628. The minimum Gasteiger partial charge on any atom is -0.397 e. The SMILES string of the molecule is Cc1ccc(F)cc1-c1ccc(N)cn1.